The Bertz CT molecular complexity index is 934. The van der Waals surface area contributed by atoms with Gasteiger partial charge in [0.05, 0.1) is 6.20 Å². The Kier molecular flexibility index (Phi) is 6.34. The smallest absolute Gasteiger partial charge is 0.325 e. The minimum Gasteiger partial charge on any atom is -0.441 e. The molecule has 2 aliphatic rings. The van der Waals surface area contributed by atoms with Crippen molar-refractivity contribution in [1.82, 2.24) is 20.5 Å². The second-order valence-corrected chi connectivity index (χ2v) is 8.22. The number of aromatic nitrogens is 1. The molecule has 1 aliphatic carbocycles. The van der Waals surface area contributed by atoms with Gasteiger partial charge in [0.1, 0.15) is 5.54 Å². The molecule has 1 spiro atoms. The number of hydrogen-bond donors (Lipinski definition) is 2. The van der Waals surface area contributed by atoms with Crippen molar-refractivity contribution in [2.24, 2.45) is 0 Å². The number of benzene rings is 1. The number of imide groups is 1. The number of nitrogens with zero attached hydrogens (tertiary/aromatic N) is 2. The van der Waals surface area contributed by atoms with Gasteiger partial charge in [0.15, 0.2) is 11.7 Å². The molecule has 4 amide bonds. The fourth-order valence-corrected chi connectivity index (χ4v) is 4.31. The summed E-state index contributed by atoms with van der Waals surface area (Å²) in [5.74, 6) is 1.17. The number of urea groups is 1. The van der Waals surface area contributed by atoms with E-state index in [0.717, 1.165) is 37.0 Å². The molecule has 1 aromatic heterocycles. The van der Waals surface area contributed by atoms with Crippen LogP contribution >= 0.6 is 0 Å². The molecule has 0 bridgehead atoms. The zero-order valence-corrected chi connectivity index (χ0v) is 17.6. The first-order valence-corrected chi connectivity index (χ1v) is 11.0. The van der Waals surface area contributed by atoms with E-state index in [1.165, 1.54) is 4.90 Å². The van der Waals surface area contributed by atoms with Crippen molar-refractivity contribution in [2.75, 3.05) is 13.1 Å². The minimum absolute atomic E-state index is 0.0562. The van der Waals surface area contributed by atoms with Gasteiger partial charge in [-0.25, -0.2) is 9.78 Å². The lowest BCUT2D eigenvalue weighted by Crippen LogP contribution is -2.44. The molecule has 1 saturated carbocycles. The fourth-order valence-electron chi connectivity index (χ4n) is 4.31. The van der Waals surface area contributed by atoms with Crippen LogP contribution in [0.5, 0.6) is 0 Å². The summed E-state index contributed by atoms with van der Waals surface area (Å²) in [4.78, 5) is 42.4. The van der Waals surface area contributed by atoms with Gasteiger partial charge in [-0.3, -0.25) is 14.5 Å². The molecule has 0 atom stereocenters. The lowest BCUT2D eigenvalue weighted by Gasteiger charge is -2.20. The second-order valence-electron chi connectivity index (χ2n) is 8.22. The van der Waals surface area contributed by atoms with Gasteiger partial charge in [0.2, 0.25) is 5.91 Å². The van der Waals surface area contributed by atoms with Gasteiger partial charge < -0.3 is 15.1 Å². The number of rotatable bonds is 9. The van der Waals surface area contributed by atoms with Gasteiger partial charge in [-0.15, -0.1) is 0 Å². The van der Waals surface area contributed by atoms with Gasteiger partial charge in [0, 0.05) is 31.5 Å². The Morgan fingerprint density at radius 3 is 2.71 bits per heavy atom. The molecule has 4 rings (SSSR count). The van der Waals surface area contributed by atoms with Crippen LogP contribution in [0.4, 0.5) is 4.79 Å². The first-order valence-electron chi connectivity index (χ1n) is 11.0. The summed E-state index contributed by atoms with van der Waals surface area (Å²) in [6.07, 6.45) is 7.23. The highest BCUT2D eigenvalue weighted by molar-refractivity contribution is 6.07. The summed E-state index contributed by atoms with van der Waals surface area (Å²) in [7, 11) is 0. The van der Waals surface area contributed by atoms with Crippen LogP contribution in [-0.4, -0.2) is 46.4 Å². The first-order chi connectivity index (χ1) is 15.1. The van der Waals surface area contributed by atoms with E-state index in [2.05, 4.69) is 15.6 Å². The van der Waals surface area contributed by atoms with E-state index < -0.39 is 5.54 Å². The van der Waals surface area contributed by atoms with Gasteiger partial charge in [0.25, 0.3) is 5.91 Å². The molecule has 1 saturated heterocycles. The van der Waals surface area contributed by atoms with Crippen molar-refractivity contribution in [3.63, 3.8) is 0 Å². The van der Waals surface area contributed by atoms with Gasteiger partial charge >= 0.3 is 6.03 Å². The van der Waals surface area contributed by atoms with Crippen molar-refractivity contribution in [3.8, 4) is 11.3 Å². The first kappa shape index (κ1) is 21.1. The monoisotopic (exact) mass is 424 g/mol. The Balaban J connectivity index is 1.13. The normalized spacial score (nSPS) is 17.4. The summed E-state index contributed by atoms with van der Waals surface area (Å²) in [5, 5.41) is 5.72. The molecule has 2 N–H and O–H groups in total. The van der Waals surface area contributed by atoms with Crippen LogP contribution in [0.15, 0.2) is 40.9 Å². The van der Waals surface area contributed by atoms with E-state index in [0.29, 0.717) is 44.7 Å². The number of carbonyl (C=O) groups is 3. The summed E-state index contributed by atoms with van der Waals surface area (Å²) in [5.41, 5.74) is 0.309. The van der Waals surface area contributed by atoms with Crippen molar-refractivity contribution in [2.45, 2.75) is 56.9 Å². The van der Waals surface area contributed by atoms with Crippen molar-refractivity contribution in [1.29, 1.82) is 0 Å². The second kappa shape index (κ2) is 9.32. The van der Waals surface area contributed by atoms with Crippen LogP contribution in [0.1, 0.15) is 50.8 Å². The molecule has 1 aliphatic heterocycles. The third-order valence-corrected chi connectivity index (χ3v) is 5.99. The lowest BCUT2D eigenvalue weighted by atomic mass is 9.98. The maximum atomic E-state index is 12.6. The third kappa shape index (κ3) is 4.78. The van der Waals surface area contributed by atoms with Gasteiger partial charge in [-0.2, -0.15) is 0 Å². The standard InChI is InChI=1S/C23H28N4O4/c28-19(10-6-11-20-25-16-18(31-20)17-8-2-1-3-9-17)24-14-7-15-27-21(29)23(26-22(27)30)12-4-5-13-23/h1-3,8-9,16H,4-7,10-15H2,(H,24,28)(H,26,30). The van der Waals surface area contributed by atoms with Crippen LogP contribution in [0, 0.1) is 0 Å². The Morgan fingerprint density at radius 1 is 1.16 bits per heavy atom. The predicted octanol–water partition coefficient (Wildman–Crippen LogP) is 3.04. The molecule has 2 fully saturated rings. The quantitative estimate of drug-likeness (QED) is 0.476. The number of carbonyl (C=O) groups excluding carboxylic acids is 3. The van der Waals surface area contributed by atoms with E-state index in [-0.39, 0.29) is 17.8 Å². The molecular weight excluding hydrogens is 396 g/mol. The zero-order chi connectivity index (χ0) is 21.7. The van der Waals surface area contributed by atoms with Crippen LogP contribution in [0.25, 0.3) is 11.3 Å². The average molecular weight is 425 g/mol. The average Bonchev–Trinajstić information content (AvgIpc) is 3.49. The highest BCUT2D eigenvalue weighted by Crippen LogP contribution is 2.35. The van der Waals surface area contributed by atoms with Crippen molar-refractivity contribution in [3.05, 3.63) is 42.4 Å². The molecular formula is C23H28N4O4. The Hall–Kier alpha value is -3.16. The van der Waals surface area contributed by atoms with Crippen molar-refractivity contribution < 1.29 is 18.8 Å². The highest BCUT2D eigenvalue weighted by atomic mass is 16.4. The SMILES string of the molecule is O=C(CCCc1ncc(-c2ccccc2)o1)NCCCN1C(=O)NC2(CCCC2)C1=O. The molecule has 8 nitrogen and oxygen atoms in total. The van der Waals surface area contributed by atoms with E-state index >= 15 is 0 Å². The summed E-state index contributed by atoms with van der Waals surface area (Å²) in [6.45, 7) is 0.755. The van der Waals surface area contributed by atoms with E-state index in [4.69, 9.17) is 4.42 Å². The molecule has 8 heteroatoms. The number of amides is 4. The van der Waals surface area contributed by atoms with Crippen molar-refractivity contribution >= 4 is 17.8 Å². The maximum absolute atomic E-state index is 12.6. The predicted molar refractivity (Wildman–Crippen MR) is 114 cm³/mol. The lowest BCUT2D eigenvalue weighted by molar-refractivity contribution is -0.131. The summed E-state index contributed by atoms with van der Waals surface area (Å²) < 4.78 is 5.75. The van der Waals surface area contributed by atoms with E-state index in [1.54, 1.807) is 6.20 Å². The molecule has 2 aromatic rings. The molecule has 31 heavy (non-hydrogen) atoms. The third-order valence-electron chi connectivity index (χ3n) is 5.99. The van der Waals surface area contributed by atoms with Crippen LogP contribution < -0.4 is 10.6 Å². The van der Waals surface area contributed by atoms with Crippen LogP contribution in [-0.2, 0) is 16.0 Å². The molecule has 1 aromatic carbocycles. The fraction of sp³-hybridized carbons (Fsp3) is 0.478. The number of nitrogens with one attached hydrogen (secondary N) is 2. The van der Waals surface area contributed by atoms with E-state index in [1.807, 2.05) is 30.3 Å². The molecule has 164 valence electrons. The largest absolute Gasteiger partial charge is 0.441 e. The number of aryl methyl sites for hydroxylation is 1. The van der Waals surface area contributed by atoms with E-state index in [9.17, 15) is 14.4 Å². The highest BCUT2D eigenvalue weighted by Gasteiger charge is 2.51. The molecule has 2 heterocycles. The molecule has 0 unspecified atom stereocenters. The number of hydrogen-bond acceptors (Lipinski definition) is 5. The zero-order valence-electron chi connectivity index (χ0n) is 17.6. The topological polar surface area (TPSA) is 105 Å². The van der Waals surface area contributed by atoms with Gasteiger partial charge in [-0.1, -0.05) is 43.2 Å². The molecule has 0 radical (unpaired) electrons. The summed E-state index contributed by atoms with van der Waals surface area (Å²) in [6, 6.07) is 9.46. The minimum atomic E-state index is -0.666. The Labute approximate surface area is 181 Å². The van der Waals surface area contributed by atoms with Crippen LogP contribution in [0.2, 0.25) is 0 Å². The van der Waals surface area contributed by atoms with Gasteiger partial charge in [-0.05, 0) is 25.7 Å². The maximum Gasteiger partial charge on any atom is 0.325 e. The van der Waals surface area contributed by atoms with Crippen LogP contribution in [0.3, 0.4) is 0 Å². The number of oxazole rings is 1. The Morgan fingerprint density at radius 2 is 1.94 bits per heavy atom. The summed E-state index contributed by atoms with van der Waals surface area (Å²) >= 11 is 0.